The van der Waals surface area contributed by atoms with Gasteiger partial charge in [-0.3, -0.25) is 0 Å². The van der Waals surface area contributed by atoms with Gasteiger partial charge in [-0.15, -0.1) is 41.4 Å². The fourth-order valence-electron chi connectivity index (χ4n) is 0.632. The van der Waals surface area contributed by atoms with Gasteiger partial charge >= 0.3 is 30.0 Å². The molecule has 3 heteroatoms. The predicted molar refractivity (Wildman–Crippen MR) is 51.7 cm³/mol. The fourth-order valence-corrected chi connectivity index (χ4v) is 0.687. The third-order valence-corrected chi connectivity index (χ3v) is 1.15. The van der Waals surface area contributed by atoms with E-state index in [1.54, 1.807) is 0 Å². The van der Waals surface area contributed by atoms with Crippen LogP contribution in [0.4, 0.5) is 0 Å². The first-order chi connectivity index (χ1) is 5.93. The molecule has 0 nitrogen and oxygen atoms in total. The molecular formula is C9H6BrClZn. The van der Waals surface area contributed by atoms with Crippen LogP contribution in [-0.4, -0.2) is 0 Å². The standard InChI is InChI=1S/C9H6Cl.BrH.Zn/c10-8-4-7-9-5-2-1-3-6-9;;/h1-3,5-6,8H;1H;/q-1;;+2/p-1. The van der Waals surface area contributed by atoms with E-state index in [2.05, 4.69) is 25.4 Å². The van der Waals surface area contributed by atoms with Crippen molar-refractivity contribution in [2.45, 2.75) is 0 Å². The zero-order valence-electron chi connectivity index (χ0n) is 6.43. The van der Waals surface area contributed by atoms with Gasteiger partial charge in [0.25, 0.3) is 0 Å². The molecule has 0 aliphatic heterocycles. The zero-order valence-corrected chi connectivity index (χ0v) is 11.7. The molecule has 0 atom stereocenters. The van der Waals surface area contributed by atoms with Crippen LogP contribution in [0.1, 0.15) is 5.56 Å². The van der Waals surface area contributed by atoms with Crippen LogP contribution >= 0.6 is 25.2 Å². The number of halogens is 2. The van der Waals surface area contributed by atoms with Gasteiger partial charge in [0.05, 0.1) is 0 Å². The van der Waals surface area contributed by atoms with Crippen molar-refractivity contribution in [1.82, 2.24) is 0 Å². The van der Waals surface area contributed by atoms with Crippen LogP contribution in [0.3, 0.4) is 0 Å². The minimum atomic E-state index is 0.986. The van der Waals surface area contributed by atoms with Crippen LogP contribution < -0.4 is 0 Å². The average molecular weight is 295 g/mol. The van der Waals surface area contributed by atoms with Gasteiger partial charge < -0.3 is 0 Å². The van der Waals surface area contributed by atoms with E-state index in [1.165, 1.54) is 21.9 Å². The molecular weight excluding hydrogens is 289 g/mol. The second kappa shape index (κ2) is 9.22. The summed E-state index contributed by atoms with van der Waals surface area (Å²) in [5.41, 5.74) is 4.95. The zero-order chi connectivity index (χ0) is 9.23. The van der Waals surface area contributed by atoms with Crippen molar-refractivity contribution in [3.63, 3.8) is 0 Å². The first-order valence-electron chi connectivity index (χ1n) is 3.18. The molecule has 12 heavy (non-hydrogen) atoms. The van der Waals surface area contributed by atoms with Gasteiger partial charge in [0.15, 0.2) is 0 Å². The van der Waals surface area contributed by atoms with Crippen molar-refractivity contribution in [3.8, 4) is 0 Å². The summed E-state index contributed by atoms with van der Waals surface area (Å²) in [4.78, 5) is 0. The Kier molecular flexibility index (Phi) is 9.33. The number of benzene rings is 1. The molecule has 1 aromatic rings. The Bertz CT molecular complexity index is 252. The minimum absolute atomic E-state index is 0.986. The first kappa shape index (κ1) is 12.1. The Hall–Kier alpha value is 0.133. The third kappa shape index (κ3) is 5.74. The molecule has 0 bridgehead atoms. The third-order valence-electron chi connectivity index (χ3n) is 1.04. The summed E-state index contributed by atoms with van der Waals surface area (Å²) in [6.07, 6.45) is 2.86. The number of hydrogen-bond acceptors (Lipinski definition) is 0. The van der Waals surface area contributed by atoms with Crippen LogP contribution in [0.25, 0.3) is 0 Å². The average Bonchev–Trinajstić information content (AvgIpc) is 2.19. The van der Waals surface area contributed by atoms with E-state index in [0.29, 0.717) is 0 Å². The van der Waals surface area contributed by atoms with Gasteiger partial charge in [0.1, 0.15) is 0 Å². The first-order valence-corrected chi connectivity index (χ1v) is 10.6. The number of rotatable bonds is 1. The maximum absolute atomic E-state index is 5.25. The maximum atomic E-state index is 5.25. The quantitative estimate of drug-likeness (QED) is 0.422. The summed E-state index contributed by atoms with van der Waals surface area (Å²) < 4.78 is 0. The van der Waals surface area contributed by atoms with Crippen molar-refractivity contribution in [2.24, 2.45) is 0 Å². The molecule has 0 N–H and O–H groups in total. The summed E-state index contributed by atoms with van der Waals surface area (Å²) in [7, 11) is 0. The fraction of sp³-hybridized carbons (Fsp3) is 0. The molecule has 58 valence electrons. The van der Waals surface area contributed by atoms with Crippen molar-refractivity contribution in [1.29, 1.82) is 0 Å². The van der Waals surface area contributed by atoms with Gasteiger partial charge in [-0.05, 0) is 5.54 Å². The number of hydrogen-bond donors (Lipinski definition) is 0. The predicted octanol–water partition coefficient (Wildman–Crippen LogP) is 3.59. The molecule has 0 aromatic heterocycles. The van der Waals surface area contributed by atoms with Crippen LogP contribution in [0.2, 0.25) is 0 Å². The van der Waals surface area contributed by atoms with E-state index in [4.69, 9.17) is 11.6 Å². The molecule has 0 aliphatic rings. The molecule has 0 amide bonds. The molecule has 0 spiro atoms. The van der Waals surface area contributed by atoms with Gasteiger partial charge in [-0.2, -0.15) is 0 Å². The summed E-state index contributed by atoms with van der Waals surface area (Å²) in [6, 6.07) is 9.72. The van der Waals surface area contributed by atoms with Crippen molar-refractivity contribution in [3.05, 3.63) is 53.2 Å². The molecule has 0 heterocycles. The molecule has 0 saturated heterocycles. The normalized spacial score (nSPS) is 7.33. The second-order valence-corrected chi connectivity index (χ2v) is 1.96. The van der Waals surface area contributed by atoms with Gasteiger partial charge in [0, 0.05) is 0 Å². The van der Waals surface area contributed by atoms with Crippen LogP contribution in [0, 0.1) is 6.08 Å². The van der Waals surface area contributed by atoms with E-state index in [1.807, 2.05) is 30.3 Å². The van der Waals surface area contributed by atoms with Crippen molar-refractivity contribution < 1.29 is 16.3 Å². The molecule has 1 rings (SSSR count). The summed E-state index contributed by atoms with van der Waals surface area (Å²) in [5.74, 6) is 0. The van der Waals surface area contributed by atoms with Crippen molar-refractivity contribution >= 4 is 25.2 Å². The second-order valence-electron chi connectivity index (χ2n) is 1.74. The molecule has 0 aliphatic carbocycles. The van der Waals surface area contributed by atoms with Crippen LogP contribution in [0.5, 0.6) is 0 Å². The summed E-state index contributed by atoms with van der Waals surface area (Å²) >= 11 is 9.50. The van der Waals surface area contributed by atoms with Gasteiger partial charge in [-0.1, -0.05) is 12.1 Å². The van der Waals surface area contributed by atoms with E-state index >= 15 is 0 Å². The Morgan fingerprint density at radius 3 is 2.42 bits per heavy atom. The van der Waals surface area contributed by atoms with Gasteiger partial charge in [-0.25, -0.2) is 5.73 Å². The molecule has 1 aromatic carbocycles. The van der Waals surface area contributed by atoms with Crippen LogP contribution in [-0.2, 0) is 16.3 Å². The Morgan fingerprint density at radius 1 is 1.33 bits per heavy atom. The molecule has 0 unspecified atom stereocenters. The summed E-state index contributed by atoms with van der Waals surface area (Å²) in [5, 5.41) is 0. The SMILES string of the molecule is ClC=C=[C-]c1ccccc1.[Zn+][Br]. The molecule has 0 radical (unpaired) electrons. The topological polar surface area (TPSA) is 0 Å². The van der Waals surface area contributed by atoms with Crippen LogP contribution in [0.15, 0.2) is 41.6 Å². The van der Waals surface area contributed by atoms with E-state index in [0.717, 1.165) is 5.56 Å². The van der Waals surface area contributed by atoms with Crippen molar-refractivity contribution in [2.75, 3.05) is 0 Å². The van der Waals surface area contributed by atoms with Gasteiger partial charge in [0.2, 0.25) is 0 Å². The summed E-state index contributed by atoms with van der Waals surface area (Å²) in [6.45, 7) is 0. The van der Waals surface area contributed by atoms with E-state index in [-0.39, 0.29) is 0 Å². The monoisotopic (exact) mass is 292 g/mol. The Balaban J connectivity index is 0.000000561. The van der Waals surface area contributed by atoms with E-state index in [9.17, 15) is 0 Å². The molecule has 0 saturated carbocycles. The molecule has 0 fully saturated rings. The Morgan fingerprint density at radius 2 is 1.92 bits per heavy atom. The van der Waals surface area contributed by atoms with E-state index < -0.39 is 0 Å². The Labute approximate surface area is 94.4 Å².